The van der Waals surface area contributed by atoms with Gasteiger partial charge in [-0.2, -0.15) is 0 Å². The molecule has 146 valence electrons. The highest BCUT2D eigenvalue weighted by molar-refractivity contribution is 6.00. The van der Waals surface area contributed by atoms with Crippen molar-refractivity contribution in [2.45, 2.75) is 72.5 Å². The zero-order valence-electron chi connectivity index (χ0n) is 16.2. The fourth-order valence-electron chi connectivity index (χ4n) is 2.90. The Hall–Kier alpha value is -1.14. The Labute approximate surface area is 151 Å². The molecule has 0 aromatic carbocycles. The van der Waals surface area contributed by atoms with Crippen molar-refractivity contribution >= 4 is 11.9 Å². The Balaban J connectivity index is 2.83. The third kappa shape index (κ3) is 6.94. The second kappa shape index (κ2) is 11.5. The molecule has 0 N–H and O–H groups in total. The van der Waals surface area contributed by atoms with Crippen LogP contribution in [0.15, 0.2) is 0 Å². The summed E-state index contributed by atoms with van der Waals surface area (Å²) in [5.41, 5.74) is -1.30. The van der Waals surface area contributed by atoms with Gasteiger partial charge in [0.15, 0.2) is 11.7 Å². The molecule has 1 aliphatic rings. The number of ether oxygens (including phenoxy) is 4. The average molecular weight is 358 g/mol. The molecule has 0 spiro atoms. The van der Waals surface area contributed by atoms with Gasteiger partial charge in [-0.05, 0) is 58.3 Å². The predicted molar refractivity (Wildman–Crippen MR) is 93.9 cm³/mol. The molecule has 0 radical (unpaired) electrons. The van der Waals surface area contributed by atoms with E-state index in [9.17, 15) is 9.59 Å². The second-order valence-corrected chi connectivity index (χ2v) is 6.87. The summed E-state index contributed by atoms with van der Waals surface area (Å²) in [5, 5.41) is 0. The van der Waals surface area contributed by atoms with E-state index in [2.05, 4.69) is 13.8 Å². The Morgan fingerprint density at radius 1 is 1.08 bits per heavy atom. The number of carbonyl (C=O) groups excluding carboxylic acids is 2. The summed E-state index contributed by atoms with van der Waals surface area (Å²) in [6.45, 7) is 9.02. The molecule has 0 saturated carbocycles. The van der Waals surface area contributed by atoms with Gasteiger partial charge in [0.2, 0.25) is 0 Å². The van der Waals surface area contributed by atoms with Crippen molar-refractivity contribution in [3.8, 4) is 0 Å². The summed E-state index contributed by atoms with van der Waals surface area (Å²) in [5.74, 6) is -0.657. The Morgan fingerprint density at radius 2 is 1.72 bits per heavy atom. The zero-order valence-corrected chi connectivity index (χ0v) is 16.2. The summed E-state index contributed by atoms with van der Waals surface area (Å²) in [4.78, 5) is 25.3. The summed E-state index contributed by atoms with van der Waals surface area (Å²) < 4.78 is 21.8. The SMILES string of the molecule is CCOC(=O)C(CCOC1CCCCO1)(CCC(C)C)C(=O)OCC. The molecule has 0 amide bonds. The number of rotatable bonds is 11. The lowest BCUT2D eigenvalue weighted by Crippen LogP contribution is -2.43. The largest absolute Gasteiger partial charge is 0.465 e. The topological polar surface area (TPSA) is 71.1 Å². The van der Waals surface area contributed by atoms with Crippen molar-refractivity contribution in [1.82, 2.24) is 0 Å². The van der Waals surface area contributed by atoms with E-state index >= 15 is 0 Å². The van der Waals surface area contributed by atoms with E-state index < -0.39 is 17.4 Å². The monoisotopic (exact) mass is 358 g/mol. The maximum absolute atomic E-state index is 12.7. The molecule has 6 nitrogen and oxygen atoms in total. The van der Waals surface area contributed by atoms with E-state index in [1.54, 1.807) is 13.8 Å². The van der Waals surface area contributed by atoms with Crippen LogP contribution in [0.3, 0.4) is 0 Å². The first-order valence-corrected chi connectivity index (χ1v) is 9.54. The van der Waals surface area contributed by atoms with E-state index in [1.165, 1.54) is 0 Å². The van der Waals surface area contributed by atoms with Crippen molar-refractivity contribution in [3.63, 3.8) is 0 Å². The molecule has 0 aromatic heterocycles. The van der Waals surface area contributed by atoms with Gasteiger partial charge in [0, 0.05) is 6.61 Å². The lowest BCUT2D eigenvalue weighted by atomic mass is 9.78. The molecule has 1 aliphatic heterocycles. The van der Waals surface area contributed by atoms with Crippen LogP contribution in [0, 0.1) is 11.3 Å². The summed E-state index contributed by atoms with van der Waals surface area (Å²) in [6, 6.07) is 0. The number of carbonyl (C=O) groups is 2. The van der Waals surface area contributed by atoms with Gasteiger partial charge in [-0.1, -0.05) is 13.8 Å². The summed E-state index contributed by atoms with van der Waals surface area (Å²) in [7, 11) is 0. The van der Waals surface area contributed by atoms with E-state index in [0.29, 0.717) is 18.9 Å². The minimum absolute atomic E-state index is 0.230. The highest BCUT2D eigenvalue weighted by Gasteiger charge is 2.48. The molecular formula is C19H34O6. The van der Waals surface area contributed by atoms with Crippen molar-refractivity contribution in [2.75, 3.05) is 26.4 Å². The van der Waals surface area contributed by atoms with Crippen molar-refractivity contribution < 1.29 is 28.5 Å². The van der Waals surface area contributed by atoms with E-state index in [4.69, 9.17) is 18.9 Å². The first-order chi connectivity index (χ1) is 12.0. The fraction of sp³-hybridized carbons (Fsp3) is 0.895. The van der Waals surface area contributed by atoms with Crippen LogP contribution < -0.4 is 0 Å². The highest BCUT2D eigenvalue weighted by atomic mass is 16.7. The van der Waals surface area contributed by atoms with Gasteiger partial charge in [0.05, 0.1) is 19.8 Å². The molecule has 1 heterocycles. The van der Waals surface area contributed by atoms with E-state index in [-0.39, 0.29) is 32.5 Å². The Bertz CT molecular complexity index is 383. The minimum atomic E-state index is -1.30. The van der Waals surface area contributed by atoms with Gasteiger partial charge in [-0.15, -0.1) is 0 Å². The number of hydrogen-bond acceptors (Lipinski definition) is 6. The maximum Gasteiger partial charge on any atom is 0.323 e. The van der Waals surface area contributed by atoms with Crippen LogP contribution in [0.5, 0.6) is 0 Å². The molecule has 1 atom stereocenters. The number of hydrogen-bond donors (Lipinski definition) is 0. The lowest BCUT2D eigenvalue weighted by molar-refractivity contribution is -0.184. The molecule has 6 heteroatoms. The smallest absolute Gasteiger partial charge is 0.323 e. The van der Waals surface area contributed by atoms with Gasteiger partial charge < -0.3 is 18.9 Å². The van der Waals surface area contributed by atoms with E-state index in [0.717, 1.165) is 25.7 Å². The quantitative estimate of drug-likeness (QED) is 0.416. The van der Waals surface area contributed by atoms with Crippen LogP contribution >= 0.6 is 0 Å². The predicted octanol–water partition coefficient (Wildman–Crippen LogP) is 3.47. The van der Waals surface area contributed by atoms with Gasteiger partial charge in [-0.25, -0.2) is 0 Å². The lowest BCUT2D eigenvalue weighted by Gasteiger charge is -2.31. The first-order valence-electron chi connectivity index (χ1n) is 9.54. The first kappa shape index (κ1) is 21.9. The van der Waals surface area contributed by atoms with Crippen LogP contribution in [-0.2, 0) is 28.5 Å². The molecular weight excluding hydrogens is 324 g/mol. The van der Waals surface area contributed by atoms with Gasteiger partial charge in [0.1, 0.15) is 0 Å². The molecule has 25 heavy (non-hydrogen) atoms. The maximum atomic E-state index is 12.7. The van der Waals surface area contributed by atoms with Gasteiger partial charge in [0.25, 0.3) is 0 Å². The van der Waals surface area contributed by atoms with Gasteiger partial charge >= 0.3 is 11.9 Å². The van der Waals surface area contributed by atoms with Crippen LogP contribution in [0.1, 0.15) is 66.2 Å². The second-order valence-electron chi connectivity index (χ2n) is 6.87. The average Bonchev–Trinajstić information content (AvgIpc) is 2.59. The van der Waals surface area contributed by atoms with Crippen LogP contribution in [-0.4, -0.2) is 44.7 Å². The molecule has 1 saturated heterocycles. The normalized spacial score (nSPS) is 18.2. The third-order valence-corrected chi connectivity index (χ3v) is 4.45. The third-order valence-electron chi connectivity index (χ3n) is 4.45. The fourth-order valence-corrected chi connectivity index (χ4v) is 2.90. The molecule has 0 aromatic rings. The molecule has 1 fully saturated rings. The van der Waals surface area contributed by atoms with Crippen LogP contribution in [0.2, 0.25) is 0 Å². The van der Waals surface area contributed by atoms with Crippen LogP contribution in [0.25, 0.3) is 0 Å². The molecule has 1 unspecified atom stereocenters. The Kier molecular flexibility index (Phi) is 10.0. The van der Waals surface area contributed by atoms with E-state index in [1.807, 2.05) is 0 Å². The van der Waals surface area contributed by atoms with Crippen LogP contribution in [0.4, 0.5) is 0 Å². The summed E-state index contributed by atoms with van der Waals surface area (Å²) in [6.07, 6.45) is 4.09. The Morgan fingerprint density at radius 3 is 2.20 bits per heavy atom. The van der Waals surface area contributed by atoms with Crippen molar-refractivity contribution in [1.29, 1.82) is 0 Å². The van der Waals surface area contributed by atoms with Gasteiger partial charge in [-0.3, -0.25) is 9.59 Å². The number of esters is 2. The minimum Gasteiger partial charge on any atom is -0.465 e. The molecule has 0 aliphatic carbocycles. The summed E-state index contributed by atoms with van der Waals surface area (Å²) >= 11 is 0. The molecule has 0 bridgehead atoms. The van der Waals surface area contributed by atoms with Crippen molar-refractivity contribution in [2.24, 2.45) is 11.3 Å². The zero-order chi connectivity index (χ0) is 18.7. The van der Waals surface area contributed by atoms with Crippen molar-refractivity contribution in [3.05, 3.63) is 0 Å². The standard InChI is InChI=1S/C19H34O6/c1-5-22-17(20)19(11-10-15(3)4,18(21)23-6-2)12-14-25-16-9-7-8-13-24-16/h15-16H,5-14H2,1-4H3. The highest BCUT2D eigenvalue weighted by Crippen LogP contribution is 2.34. The molecule has 1 rings (SSSR count).